The van der Waals surface area contributed by atoms with E-state index in [0.717, 1.165) is 18.4 Å². The number of sulfonamides is 1. The van der Waals surface area contributed by atoms with Crippen LogP contribution in [0.1, 0.15) is 23.0 Å². The minimum absolute atomic E-state index is 0.000204. The van der Waals surface area contributed by atoms with E-state index < -0.39 is 27.7 Å². The van der Waals surface area contributed by atoms with E-state index in [1.807, 2.05) is 0 Å². The van der Waals surface area contributed by atoms with Crippen LogP contribution in [0.2, 0.25) is 0 Å². The molecular formula is C22H19F3N2O5S. The molecule has 0 atom stereocenters. The van der Waals surface area contributed by atoms with Crippen molar-refractivity contribution in [3.05, 3.63) is 72.0 Å². The molecule has 3 rings (SSSR count). The molecule has 0 aliphatic heterocycles. The molecule has 0 saturated heterocycles. The first-order valence-corrected chi connectivity index (χ1v) is 11.3. The molecule has 3 aromatic rings. The number of anilines is 2. The lowest BCUT2D eigenvalue weighted by Gasteiger charge is -2.21. The fraction of sp³-hybridized carbons (Fsp3) is 0.182. The van der Waals surface area contributed by atoms with Crippen LogP contribution in [-0.2, 0) is 21.0 Å². The van der Waals surface area contributed by atoms with Crippen LogP contribution >= 0.6 is 0 Å². The predicted octanol–water partition coefficient (Wildman–Crippen LogP) is 4.55. The summed E-state index contributed by atoms with van der Waals surface area (Å²) >= 11 is 0. The number of hydrogen-bond acceptors (Lipinski definition) is 5. The van der Waals surface area contributed by atoms with Gasteiger partial charge in [0.1, 0.15) is 5.76 Å². The summed E-state index contributed by atoms with van der Waals surface area (Å²) in [6.45, 7) is 1.36. The second-order valence-corrected chi connectivity index (χ2v) is 9.00. The normalized spacial score (nSPS) is 11.8. The highest BCUT2D eigenvalue weighted by atomic mass is 32.2. The Morgan fingerprint density at radius 3 is 2.09 bits per heavy atom. The quantitative estimate of drug-likeness (QED) is 0.535. The van der Waals surface area contributed by atoms with E-state index in [2.05, 4.69) is 0 Å². The Labute approximate surface area is 188 Å². The monoisotopic (exact) mass is 480 g/mol. The van der Waals surface area contributed by atoms with Crippen molar-refractivity contribution in [3.63, 3.8) is 0 Å². The highest BCUT2D eigenvalue weighted by Crippen LogP contribution is 2.33. The minimum Gasteiger partial charge on any atom is -0.451 e. The SMILES string of the molecule is CC(=O)N(C)c1ccc(N(C(=O)c2ccc(-c3cccc(C(F)(F)F)c3)o2)S(C)(=O)=O)cc1. The van der Waals surface area contributed by atoms with Gasteiger partial charge in [-0.2, -0.15) is 13.2 Å². The number of nitrogens with zero attached hydrogens (tertiary/aromatic N) is 2. The Hall–Kier alpha value is -3.60. The zero-order valence-electron chi connectivity index (χ0n) is 17.8. The van der Waals surface area contributed by atoms with Gasteiger partial charge in [0.2, 0.25) is 15.9 Å². The number of furan rings is 1. The van der Waals surface area contributed by atoms with Gasteiger partial charge in [-0.1, -0.05) is 12.1 Å². The molecule has 0 N–H and O–H groups in total. The third kappa shape index (κ3) is 5.25. The first kappa shape index (κ1) is 24.1. The Kier molecular flexibility index (Phi) is 6.37. The van der Waals surface area contributed by atoms with Gasteiger partial charge in [-0.15, -0.1) is 0 Å². The highest BCUT2D eigenvalue weighted by molar-refractivity contribution is 7.92. The number of alkyl halides is 3. The number of halogens is 3. The molecule has 0 fully saturated rings. The summed E-state index contributed by atoms with van der Waals surface area (Å²) in [7, 11) is -2.57. The van der Waals surface area contributed by atoms with Crippen LogP contribution in [0.15, 0.2) is 65.1 Å². The molecule has 2 amide bonds. The van der Waals surface area contributed by atoms with E-state index in [9.17, 15) is 31.2 Å². The molecule has 1 aromatic heterocycles. The van der Waals surface area contributed by atoms with Gasteiger partial charge >= 0.3 is 12.1 Å². The lowest BCUT2D eigenvalue weighted by molar-refractivity contribution is -0.137. The second kappa shape index (κ2) is 8.74. The second-order valence-electron chi connectivity index (χ2n) is 7.17. The molecule has 0 bridgehead atoms. The number of amides is 2. The molecule has 7 nitrogen and oxygen atoms in total. The number of carbonyl (C=O) groups excluding carboxylic acids is 2. The molecule has 11 heteroatoms. The van der Waals surface area contributed by atoms with Crippen LogP contribution < -0.4 is 9.21 Å². The first-order valence-electron chi connectivity index (χ1n) is 9.45. The molecule has 174 valence electrons. The van der Waals surface area contributed by atoms with Crippen molar-refractivity contribution in [1.82, 2.24) is 0 Å². The fourth-order valence-electron chi connectivity index (χ4n) is 3.01. The fourth-order valence-corrected chi connectivity index (χ4v) is 3.91. The van der Waals surface area contributed by atoms with Crippen LogP contribution in [0.5, 0.6) is 0 Å². The lowest BCUT2D eigenvalue weighted by atomic mass is 10.1. The van der Waals surface area contributed by atoms with Crippen molar-refractivity contribution in [1.29, 1.82) is 0 Å². The highest BCUT2D eigenvalue weighted by Gasteiger charge is 2.32. The van der Waals surface area contributed by atoms with Crippen LogP contribution in [0.4, 0.5) is 24.5 Å². The van der Waals surface area contributed by atoms with E-state index >= 15 is 0 Å². The smallest absolute Gasteiger partial charge is 0.416 e. The Morgan fingerprint density at radius 1 is 0.939 bits per heavy atom. The largest absolute Gasteiger partial charge is 0.451 e. The average Bonchev–Trinajstić information content (AvgIpc) is 3.23. The minimum atomic E-state index is -4.56. The molecule has 0 radical (unpaired) electrons. The average molecular weight is 480 g/mol. The Bertz CT molecular complexity index is 1300. The predicted molar refractivity (Wildman–Crippen MR) is 116 cm³/mol. The summed E-state index contributed by atoms with van der Waals surface area (Å²) in [5, 5.41) is 0. The van der Waals surface area contributed by atoms with Crippen molar-refractivity contribution in [2.24, 2.45) is 0 Å². The third-order valence-electron chi connectivity index (χ3n) is 4.75. The molecule has 0 aliphatic carbocycles. The topological polar surface area (TPSA) is 87.9 Å². The molecule has 0 saturated carbocycles. The standard InChI is InChI=1S/C22H19F3N2O5S/c1-14(28)26(2)17-7-9-18(10-8-17)27(33(3,30)31)21(29)20-12-11-19(32-20)15-5-4-6-16(13-15)22(23,24)25/h4-13H,1-3H3. The van der Waals surface area contributed by atoms with Crippen molar-refractivity contribution < 1.29 is 35.6 Å². The van der Waals surface area contributed by atoms with Crippen LogP contribution in [-0.4, -0.2) is 33.5 Å². The van der Waals surface area contributed by atoms with E-state index in [4.69, 9.17) is 4.42 Å². The maximum atomic E-state index is 13.0. The molecule has 0 spiro atoms. The summed E-state index contributed by atoms with van der Waals surface area (Å²) in [5.74, 6) is -1.67. The summed E-state index contributed by atoms with van der Waals surface area (Å²) < 4.78 is 69.6. The van der Waals surface area contributed by atoms with E-state index in [1.165, 1.54) is 67.4 Å². The van der Waals surface area contributed by atoms with Gasteiger partial charge < -0.3 is 9.32 Å². The Morgan fingerprint density at radius 2 is 1.55 bits per heavy atom. The van der Waals surface area contributed by atoms with Gasteiger partial charge in [0.15, 0.2) is 5.76 Å². The summed E-state index contributed by atoms with van der Waals surface area (Å²) in [5.41, 5.74) is -0.332. The van der Waals surface area contributed by atoms with Gasteiger partial charge in [-0.05, 0) is 48.5 Å². The van der Waals surface area contributed by atoms with Crippen LogP contribution in [0, 0.1) is 0 Å². The number of benzene rings is 2. The van der Waals surface area contributed by atoms with Gasteiger partial charge in [0, 0.05) is 25.2 Å². The number of hydrogen-bond donors (Lipinski definition) is 0. The first-order chi connectivity index (χ1) is 15.3. The van der Waals surface area contributed by atoms with Crippen LogP contribution in [0.25, 0.3) is 11.3 Å². The van der Waals surface area contributed by atoms with E-state index in [0.29, 0.717) is 9.99 Å². The van der Waals surface area contributed by atoms with Crippen molar-refractivity contribution >= 4 is 33.2 Å². The third-order valence-corrected chi connectivity index (χ3v) is 5.79. The van der Waals surface area contributed by atoms with E-state index in [1.54, 1.807) is 0 Å². The maximum absolute atomic E-state index is 13.0. The molecular weight excluding hydrogens is 461 g/mol. The number of rotatable bonds is 5. The maximum Gasteiger partial charge on any atom is 0.416 e. The molecule has 2 aromatic carbocycles. The van der Waals surface area contributed by atoms with Crippen LogP contribution in [0.3, 0.4) is 0 Å². The lowest BCUT2D eigenvalue weighted by Crippen LogP contribution is -2.36. The Balaban J connectivity index is 1.95. The van der Waals surface area contributed by atoms with Crippen molar-refractivity contribution in [3.8, 4) is 11.3 Å². The number of carbonyl (C=O) groups is 2. The van der Waals surface area contributed by atoms with Crippen molar-refractivity contribution in [2.75, 3.05) is 22.5 Å². The van der Waals surface area contributed by atoms with Gasteiger partial charge in [0.05, 0.1) is 17.5 Å². The summed E-state index contributed by atoms with van der Waals surface area (Å²) in [6, 6.07) is 12.5. The molecule has 1 heterocycles. The summed E-state index contributed by atoms with van der Waals surface area (Å²) in [4.78, 5) is 25.8. The van der Waals surface area contributed by atoms with Gasteiger partial charge in [-0.25, -0.2) is 12.7 Å². The molecule has 33 heavy (non-hydrogen) atoms. The van der Waals surface area contributed by atoms with Gasteiger partial charge in [-0.3, -0.25) is 9.59 Å². The molecule has 0 aliphatic rings. The summed E-state index contributed by atoms with van der Waals surface area (Å²) in [6.07, 6.45) is -3.73. The van der Waals surface area contributed by atoms with E-state index in [-0.39, 0.29) is 28.7 Å². The zero-order valence-corrected chi connectivity index (χ0v) is 18.6. The molecule has 0 unspecified atom stereocenters. The van der Waals surface area contributed by atoms with Gasteiger partial charge in [0.25, 0.3) is 0 Å². The van der Waals surface area contributed by atoms with Crippen molar-refractivity contribution in [2.45, 2.75) is 13.1 Å². The zero-order chi connectivity index (χ0) is 24.6.